The van der Waals surface area contributed by atoms with Crippen molar-refractivity contribution in [1.29, 1.82) is 0 Å². The van der Waals surface area contributed by atoms with Crippen LogP contribution in [0.25, 0.3) is 6.08 Å². The molecular formula is C22H17BrN2O4. The van der Waals surface area contributed by atoms with Gasteiger partial charge in [0.05, 0.1) is 29.5 Å². The molecule has 2 aromatic rings. The van der Waals surface area contributed by atoms with Crippen LogP contribution in [0.1, 0.15) is 15.9 Å². The lowest BCUT2D eigenvalue weighted by atomic mass is 9.86. The number of rotatable bonds is 3. The summed E-state index contributed by atoms with van der Waals surface area (Å²) in [4.78, 5) is 40.8. The molecule has 1 N–H and O–H groups in total. The zero-order chi connectivity index (χ0) is 20.3. The number of halogens is 1. The summed E-state index contributed by atoms with van der Waals surface area (Å²) in [5.74, 6) is -1.58. The predicted octanol–water partition coefficient (Wildman–Crippen LogP) is 2.81. The second kappa shape index (κ2) is 6.56. The Kier molecular flexibility index (Phi) is 4.10. The molecule has 4 atom stereocenters. The third-order valence-electron chi connectivity index (χ3n) is 5.96. The number of ether oxygens (including phenoxy) is 1. The van der Waals surface area contributed by atoms with Crippen LogP contribution in [0, 0.1) is 11.8 Å². The monoisotopic (exact) mass is 452 g/mol. The normalized spacial score (nSPS) is 26.6. The summed E-state index contributed by atoms with van der Waals surface area (Å²) in [6, 6.07) is 11.7. The first-order valence-corrected chi connectivity index (χ1v) is 10.1. The number of amides is 2. The first kappa shape index (κ1) is 18.1. The summed E-state index contributed by atoms with van der Waals surface area (Å²) in [5, 5.41) is 2.42. The van der Waals surface area contributed by atoms with Crippen LogP contribution in [0.3, 0.4) is 0 Å². The highest BCUT2D eigenvalue weighted by Gasteiger charge is 2.61. The van der Waals surface area contributed by atoms with Gasteiger partial charge in [-0.3, -0.25) is 19.7 Å². The van der Waals surface area contributed by atoms with E-state index in [-0.39, 0.29) is 23.6 Å². The van der Waals surface area contributed by atoms with Gasteiger partial charge in [0.1, 0.15) is 11.8 Å². The van der Waals surface area contributed by atoms with E-state index in [0.29, 0.717) is 15.8 Å². The summed E-state index contributed by atoms with van der Waals surface area (Å²) < 4.78 is 5.91. The second-order valence-electron chi connectivity index (χ2n) is 7.38. The molecule has 0 aliphatic carbocycles. The van der Waals surface area contributed by atoms with E-state index in [4.69, 9.17) is 4.74 Å². The molecule has 2 fully saturated rings. The van der Waals surface area contributed by atoms with Crippen LogP contribution >= 0.6 is 15.9 Å². The Morgan fingerprint density at radius 1 is 1.10 bits per heavy atom. The minimum atomic E-state index is -0.761. The van der Waals surface area contributed by atoms with Crippen LogP contribution in [-0.4, -0.2) is 36.8 Å². The number of Topliss-reactive ketones (excluding diaryl/α,β-unsaturated/α-hetero) is 1. The summed E-state index contributed by atoms with van der Waals surface area (Å²) in [7, 11) is 1.55. The van der Waals surface area contributed by atoms with E-state index in [1.165, 1.54) is 0 Å². The van der Waals surface area contributed by atoms with Crippen molar-refractivity contribution in [3.63, 3.8) is 0 Å². The van der Waals surface area contributed by atoms with Crippen LogP contribution in [0.4, 0.5) is 5.69 Å². The van der Waals surface area contributed by atoms with Gasteiger partial charge in [0.25, 0.3) is 0 Å². The maximum absolute atomic E-state index is 13.6. The molecule has 2 aromatic carbocycles. The number of hydrogen-bond acceptors (Lipinski definition) is 5. The number of nitrogens with one attached hydrogen (secondary N) is 1. The van der Waals surface area contributed by atoms with Crippen LogP contribution in [0.5, 0.6) is 5.75 Å². The number of ketones is 1. The minimum absolute atomic E-state index is 0.194. The predicted molar refractivity (Wildman–Crippen MR) is 111 cm³/mol. The van der Waals surface area contributed by atoms with Crippen molar-refractivity contribution in [2.24, 2.45) is 11.8 Å². The molecule has 0 spiro atoms. The molecule has 3 aliphatic rings. The van der Waals surface area contributed by atoms with Crippen molar-refractivity contribution in [2.75, 3.05) is 12.0 Å². The van der Waals surface area contributed by atoms with E-state index in [9.17, 15) is 14.4 Å². The Morgan fingerprint density at radius 3 is 2.62 bits per heavy atom. The quantitative estimate of drug-likeness (QED) is 0.572. The van der Waals surface area contributed by atoms with Gasteiger partial charge in [0.15, 0.2) is 5.78 Å². The number of hydrogen-bond donors (Lipinski definition) is 1. The lowest BCUT2D eigenvalue weighted by Gasteiger charge is -2.35. The van der Waals surface area contributed by atoms with Gasteiger partial charge in [-0.1, -0.05) is 30.4 Å². The third-order valence-corrected chi connectivity index (χ3v) is 6.58. The number of anilines is 1. The number of carbonyl (C=O) groups is 3. The van der Waals surface area contributed by atoms with Crippen LogP contribution in [0.15, 0.2) is 53.0 Å². The number of para-hydroxylation sites is 1. The molecule has 7 heteroatoms. The van der Waals surface area contributed by atoms with E-state index in [1.807, 2.05) is 41.3 Å². The Balaban J connectivity index is 1.64. The maximum atomic E-state index is 13.6. The lowest BCUT2D eigenvalue weighted by molar-refractivity contribution is -0.126. The number of benzene rings is 2. The Labute approximate surface area is 175 Å². The third kappa shape index (κ3) is 2.57. The van der Waals surface area contributed by atoms with Crippen molar-refractivity contribution in [3.8, 4) is 5.75 Å². The molecule has 0 radical (unpaired) electrons. The zero-order valence-electron chi connectivity index (χ0n) is 15.5. The lowest BCUT2D eigenvalue weighted by Crippen LogP contribution is -2.47. The van der Waals surface area contributed by atoms with E-state index in [0.717, 1.165) is 11.3 Å². The summed E-state index contributed by atoms with van der Waals surface area (Å²) in [6.45, 7) is 0. The van der Waals surface area contributed by atoms with Gasteiger partial charge in [-0.2, -0.15) is 0 Å². The van der Waals surface area contributed by atoms with Gasteiger partial charge in [-0.25, -0.2) is 0 Å². The highest BCUT2D eigenvalue weighted by atomic mass is 79.9. The molecule has 3 aliphatic heterocycles. The maximum Gasteiger partial charge on any atom is 0.233 e. The van der Waals surface area contributed by atoms with Crippen LogP contribution in [0.2, 0.25) is 0 Å². The Morgan fingerprint density at radius 2 is 1.86 bits per heavy atom. The van der Waals surface area contributed by atoms with Crippen molar-refractivity contribution >= 4 is 45.3 Å². The zero-order valence-corrected chi connectivity index (χ0v) is 17.0. The fourth-order valence-electron chi connectivity index (χ4n) is 4.72. The second-order valence-corrected chi connectivity index (χ2v) is 8.23. The van der Waals surface area contributed by atoms with E-state index < -0.39 is 17.9 Å². The molecular weight excluding hydrogens is 436 g/mol. The SMILES string of the molecule is COc1ccc(C(=O)[C@@H]2[C@@H]3C(=O)NC(=O)[C@@H]3[C@@H]3C=Cc4ccccc4N23)cc1Br. The van der Waals surface area contributed by atoms with Gasteiger partial charge in [0, 0.05) is 11.3 Å². The average molecular weight is 453 g/mol. The van der Waals surface area contributed by atoms with Crippen molar-refractivity contribution in [2.45, 2.75) is 12.1 Å². The Bertz CT molecular complexity index is 1100. The van der Waals surface area contributed by atoms with Crippen molar-refractivity contribution < 1.29 is 19.1 Å². The van der Waals surface area contributed by atoms with Gasteiger partial charge in [-0.05, 0) is 45.8 Å². The molecule has 6 nitrogen and oxygen atoms in total. The Hall–Kier alpha value is -2.93. The summed E-state index contributed by atoms with van der Waals surface area (Å²) in [5.41, 5.74) is 2.28. The van der Waals surface area contributed by atoms with Crippen molar-refractivity contribution in [3.05, 3.63) is 64.1 Å². The highest BCUT2D eigenvalue weighted by molar-refractivity contribution is 9.10. The average Bonchev–Trinajstić information content (AvgIpc) is 3.22. The standard InChI is InChI=1S/C22H17BrN2O4/c1-29-16-9-7-12(10-13(16)23)20(26)19-18-17(21(27)24-22(18)28)15-8-6-11-4-2-3-5-14(11)25(15)19/h2-10,15,17-19H,1H3,(H,24,27,28)/t15-,17+,18+,19-/m0/s1. The smallest absolute Gasteiger partial charge is 0.233 e. The molecule has 0 saturated carbocycles. The van der Waals surface area contributed by atoms with Crippen LogP contribution < -0.4 is 15.0 Å². The van der Waals surface area contributed by atoms with Gasteiger partial charge < -0.3 is 9.64 Å². The number of methoxy groups -OCH3 is 1. The van der Waals surface area contributed by atoms with E-state index in [2.05, 4.69) is 21.2 Å². The summed E-state index contributed by atoms with van der Waals surface area (Å²) >= 11 is 3.42. The molecule has 146 valence electrons. The molecule has 5 rings (SSSR count). The fourth-order valence-corrected chi connectivity index (χ4v) is 5.26. The number of nitrogens with zero attached hydrogens (tertiary/aromatic N) is 1. The first-order chi connectivity index (χ1) is 14.0. The van der Waals surface area contributed by atoms with Gasteiger partial charge in [-0.15, -0.1) is 0 Å². The molecule has 2 amide bonds. The van der Waals surface area contributed by atoms with E-state index >= 15 is 0 Å². The topological polar surface area (TPSA) is 75.7 Å². The van der Waals surface area contributed by atoms with Gasteiger partial charge >= 0.3 is 0 Å². The molecule has 3 heterocycles. The molecule has 2 saturated heterocycles. The van der Waals surface area contributed by atoms with Crippen LogP contribution in [-0.2, 0) is 9.59 Å². The minimum Gasteiger partial charge on any atom is -0.496 e. The summed E-state index contributed by atoms with van der Waals surface area (Å²) in [6.07, 6.45) is 3.88. The fraction of sp³-hybridized carbons (Fsp3) is 0.227. The largest absolute Gasteiger partial charge is 0.496 e. The molecule has 0 aromatic heterocycles. The first-order valence-electron chi connectivity index (χ1n) is 9.29. The number of imide groups is 1. The van der Waals surface area contributed by atoms with Gasteiger partial charge in [0.2, 0.25) is 11.8 Å². The molecule has 0 bridgehead atoms. The molecule has 0 unspecified atom stereocenters. The van der Waals surface area contributed by atoms with Crippen molar-refractivity contribution in [1.82, 2.24) is 5.32 Å². The molecule has 29 heavy (non-hydrogen) atoms. The highest BCUT2D eigenvalue weighted by Crippen LogP contribution is 2.47. The number of carbonyl (C=O) groups excluding carboxylic acids is 3. The number of fused-ring (bicyclic) bond motifs is 5. The van der Waals surface area contributed by atoms with E-state index in [1.54, 1.807) is 25.3 Å².